The summed E-state index contributed by atoms with van der Waals surface area (Å²) in [7, 11) is -3.32. The zero-order valence-electron chi connectivity index (χ0n) is 25.0. The Morgan fingerprint density at radius 2 is 0.892 bits per heavy atom. The number of halogens is 2. The van der Waals surface area contributed by atoms with Gasteiger partial charge in [-0.05, 0) is 47.8 Å². The van der Waals surface area contributed by atoms with Crippen LogP contribution in [0.5, 0.6) is 11.5 Å². The fraction of sp³-hybridized carbons (Fsp3) is 0.667. The minimum atomic E-state index is -1.66. The first-order valence-corrected chi connectivity index (χ1v) is 19.4. The van der Waals surface area contributed by atoms with E-state index in [0.29, 0.717) is 0 Å². The number of fused-ring (bicyclic) bond motifs is 2. The van der Waals surface area contributed by atoms with Crippen LogP contribution in [0.15, 0.2) is 24.3 Å². The molecule has 2 aromatic carbocycles. The van der Waals surface area contributed by atoms with Crippen molar-refractivity contribution in [1.29, 1.82) is 0 Å². The van der Waals surface area contributed by atoms with E-state index in [1.807, 2.05) is 0 Å². The van der Waals surface area contributed by atoms with Gasteiger partial charge in [0.25, 0.3) is 0 Å². The molecule has 0 amide bonds. The van der Waals surface area contributed by atoms with Crippen molar-refractivity contribution < 1.29 is 59.5 Å². The fourth-order valence-corrected chi connectivity index (χ4v) is 6.37. The van der Waals surface area contributed by atoms with E-state index < -0.39 is 16.6 Å². The van der Waals surface area contributed by atoms with Crippen molar-refractivity contribution >= 4 is 16.6 Å². The molecule has 2 aromatic rings. The van der Waals surface area contributed by atoms with Crippen LogP contribution in [0.2, 0.25) is 36.3 Å². The van der Waals surface area contributed by atoms with E-state index >= 15 is 0 Å². The standard InChI is InChI=1S/2C15H25OSi.2ClH.Hf/c2*1-15(2,3)17(4,5)16-14-10-12-8-6-7-9-13(12)11-14;;;/h2*10-11H,6-9H2,1-5H3;2*1H;/q2*-1;;;+4/p-2. The van der Waals surface area contributed by atoms with E-state index in [4.69, 9.17) is 8.85 Å². The normalized spacial score (nSPS) is 15.4. The molecule has 2 aliphatic carbocycles. The summed E-state index contributed by atoms with van der Waals surface area (Å²) >= 11 is 0. The van der Waals surface area contributed by atoms with Crippen molar-refractivity contribution in [3.63, 3.8) is 0 Å². The summed E-state index contributed by atoms with van der Waals surface area (Å²) in [5.74, 6) is 2.26. The molecule has 4 rings (SSSR count). The summed E-state index contributed by atoms with van der Waals surface area (Å²) in [5.41, 5.74) is 6.13. The van der Waals surface area contributed by atoms with Gasteiger partial charge in [-0.1, -0.05) is 92.9 Å². The van der Waals surface area contributed by atoms with Crippen molar-refractivity contribution in [1.82, 2.24) is 0 Å². The Kier molecular flexibility index (Phi) is 14.3. The molecule has 0 spiro atoms. The van der Waals surface area contributed by atoms with Crippen molar-refractivity contribution in [2.24, 2.45) is 0 Å². The Labute approximate surface area is 261 Å². The Hall–Kier alpha value is 0.184. The molecule has 37 heavy (non-hydrogen) atoms. The second-order valence-electron chi connectivity index (χ2n) is 13.6. The predicted molar refractivity (Wildman–Crippen MR) is 153 cm³/mol. The first-order chi connectivity index (χ1) is 15.6. The summed E-state index contributed by atoms with van der Waals surface area (Å²) in [6, 6.07) is 9.15. The Morgan fingerprint density at radius 1 is 0.595 bits per heavy atom. The zero-order chi connectivity index (χ0) is 25.4. The summed E-state index contributed by atoms with van der Waals surface area (Å²) < 4.78 is 12.7. The maximum atomic E-state index is 6.36. The van der Waals surface area contributed by atoms with Gasteiger partial charge in [0, 0.05) is 0 Å². The van der Waals surface area contributed by atoms with Crippen molar-refractivity contribution in [2.45, 2.75) is 129 Å². The molecule has 2 nitrogen and oxygen atoms in total. The number of hydrogen-bond donors (Lipinski definition) is 0. The molecule has 0 saturated heterocycles. The molecule has 0 fully saturated rings. The molecule has 0 bridgehead atoms. The summed E-state index contributed by atoms with van der Waals surface area (Å²) in [6.45, 7) is 23.0. The number of aryl methyl sites for hydroxylation is 4. The van der Waals surface area contributed by atoms with Crippen LogP contribution >= 0.6 is 0 Å². The fourth-order valence-electron chi connectivity index (χ4n) is 4.35. The molecule has 0 saturated carbocycles. The van der Waals surface area contributed by atoms with Gasteiger partial charge in [0.15, 0.2) is 0 Å². The first-order valence-electron chi connectivity index (χ1n) is 13.5. The Balaban J connectivity index is 0.000000648. The average Bonchev–Trinajstić information content (AvgIpc) is 3.28. The topological polar surface area (TPSA) is 18.5 Å². The molecule has 0 atom stereocenters. The van der Waals surface area contributed by atoms with E-state index in [0.717, 1.165) is 11.5 Å². The third-order valence-corrected chi connectivity index (χ3v) is 17.5. The molecule has 2 aliphatic rings. The maximum Gasteiger partial charge on any atom is 4.00 e. The largest absolute Gasteiger partial charge is 4.00 e. The van der Waals surface area contributed by atoms with Crippen LogP contribution in [0.1, 0.15) is 89.5 Å². The second-order valence-corrected chi connectivity index (χ2v) is 23.1. The van der Waals surface area contributed by atoms with E-state index in [1.54, 1.807) is 0 Å². The third kappa shape index (κ3) is 9.65. The molecule has 0 N–H and O–H groups in total. The minimum Gasteiger partial charge on any atom is -1.00 e. The molecule has 208 valence electrons. The Bertz CT molecular complexity index is 840. The van der Waals surface area contributed by atoms with Crippen LogP contribution in [-0.4, -0.2) is 16.6 Å². The quantitative estimate of drug-likeness (QED) is 0.354. The summed E-state index contributed by atoms with van der Waals surface area (Å²) in [4.78, 5) is 0. The van der Waals surface area contributed by atoms with Gasteiger partial charge in [-0.25, -0.2) is 0 Å². The van der Waals surface area contributed by atoms with E-state index in [1.165, 1.54) is 73.6 Å². The van der Waals surface area contributed by atoms with Crippen LogP contribution in [0.25, 0.3) is 0 Å². The monoisotopic (exact) mass is 748 g/mol. The molecule has 0 unspecified atom stereocenters. The molecule has 0 aliphatic heterocycles. The Morgan fingerprint density at radius 3 is 1.16 bits per heavy atom. The van der Waals surface area contributed by atoms with Gasteiger partial charge in [-0.15, -0.1) is 12.1 Å². The van der Waals surface area contributed by atoms with Crippen LogP contribution in [-0.2, 0) is 51.5 Å². The smallest absolute Gasteiger partial charge is 1.00 e. The third-order valence-electron chi connectivity index (χ3n) is 8.73. The molecule has 7 heteroatoms. The molecule has 0 aromatic heterocycles. The summed E-state index contributed by atoms with van der Waals surface area (Å²) in [5, 5.41) is 0.565. The van der Waals surface area contributed by atoms with Crippen molar-refractivity contribution in [2.75, 3.05) is 0 Å². The maximum absolute atomic E-state index is 6.36. The second kappa shape index (κ2) is 14.2. The molecular weight excluding hydrogens is 698 g/mol. The van der Waals surface area contributed by atoms with Gasteiger partial charge in [0.2, 0.25) is 16.6 Å². The van der Waals surface area contributed by atoms with Crippen molar-refractivity contribution in [3.8, 4) is 11.5 Å². The van der Waals surface area contributed by atoms with E-state index in [2.05, 4.69) is 92.0 Å². The molecule has 0 heterocycles. The number of hydrogen-bond acceptors (Lipinski definition) is 2. The van der Waals surface area contributed by atoms with Crippen LogP contribution < -0.4 is 33.7 Å². The van der Waals surface area contributed by atoms with Crippen LogP contribution in [0.4, 0.5) is 0 Å². The van der Waals surface area contributed by atoms with Gasteiger partial charge in [-0.2, -0.15) is 34.4 Å². The predicted octanol–water partition coefficient (Wildman–Crippen LogP) is 3.34. The van der Waals surface area contributed by atoms with E-state index in [-0.39, 0.29) is 60.7 Å². The average molecular weight is 748 g/mol. The summed E-state index contributed by atoms with van der Waals surface area (Å²) in [6.07, 6.45) is 10.4. The molecule has 0 radical (unpaired) electrons. The van der Waals surface area contributed by atoms with Crippen LogP contribution in [0.3, 0.4) is 0 Å². The number of rotatable bonds is 4. The van der Waals surface area contributed by atoms with Gasteiger partial charge < -0.3 is 33.7 Å². The molecular formula is C30H50Cl2HfO2Si2. The van der Waals surface area contributed by atoms with E-state index in [9.17, 15) is 0 Å². The van der Waals surface area contributed by atoms with Gasteiger partial charge in [0.1, 0.15) is 0 Å². The first kappa shape index (κ1) is 37.2. The van der Waals surface area contributed by atoms with Crippen molar-refractivity contribution in [3.05, 3.63) is 46.5 Å². The van der Waals surface area contributed by atoms with Crippen LogP contribution in [0, 0.1) is 0 Å². The minimum absolute atomic E-state index is 0. The van der Waals surface area contributed by atoms with Gasteiger partial charge in [0.05, 0.1) is 0 Å². The van der Waals surface area contributed by atoms with Gasteiger partial charge in [-0.3, -0.25) is 0 Å². The SMILES string of the molecule is CC(C)(C)[Si](C)(C)Oc1cc2c([cH-]1)CCCC2.CC(C)(C)[Si](C)(C)Oc1cc2c([cH-]1)CCCC2.[Cl-].[Cl-].[Hf+4]. The van der Waals surface area contributed by atoms with Gasteiger partial charge >= 0.3 is 25.8 Å². The zero-order valence-corrected chi connectivity index (χ0v) is 32.1.